The first-order valence-electron chi connectivity index (χ1n) is 5.99. The summed E-state index contributed by atoms with van der Waals surface area (Å²) in [6, 6.07) is 4.39. The van der Waals surface area contributed by atoms with E-state index in [0.717, 1.165) is 0 Å². The summed E-state index contributed by atoms with van der Waals surface area (Å²) in [4.78, 5) is 26.5. The van der Waals surface area contributed by atoms with Crippen LogP contribution in [-0.4, -0.2) is 26.5 Å². The Hall–Kier alpha value is -2.83. The number of imidazole rings is 1. The highest BCUT2D eigenvalue weighted by atomic mass is 16.4. The van der Waals surface area contributed by atoms with Crippen LogP contribution in [0.5, 0.6) is 0 Å². The van der Waals surface area contributed by atoms with E-state index in [1.807, 2.05) is 0 Å². The molecule has 0 atom stereocenters. The lowest BCUT2D eigenvalue weighted by Crippen LogP contribution is -2.13. The lowest BCUT2D eigenvalue weighted by atomic mass is 10.1. The molecule has 0 aliphatic carbocycles. The van der Waals surface area contributed by atoms with Crippen LogP contribution in [0, 0.1) is 0 Å². The monoisotopic (exact) mass is 274 g/mol. The van der Waals surface area contributed by atoms with Gasteiger partial charge in [-0.2, -0.15) is 0 Å². The average Bonchev–Trinajstić information content (AvgIpc) is 2.85. The Morgan fingerprint density at radius 3 is 2.75 bits per heavy atom. The summed E-state index contributed by atoms with van der Waals surface area (Å²) in [6.07, 6.45) is 3.41. The first kappa shape index (κ1) is 13.6. The lowest BCUT2D eigenvalue weighted by Gasteiger charge is -2.13. The average molecular weight is 274 g/mol. The fourth-order valence-electron chi connectivity index (χ4n) is 1.73. The molecule has 0 saturated carbocycles. The molecule has 7 heteroatoms. The summed E-state index contributed by atoms with van der Waals surface area (Å²) in [5.74, 6) is -1.02. The molecule has 2 rings (SSSR count). The minimum absolute atomic E-state index is 0.0996. The molecule has 1 heterocycles. The Morgan fingerprint density at radius 1 is 1.45 bits per heavy atom. The number of rotatable bonds is 4. The van der Waals surface area contributed by atoms with Crippen LogP contribution in [0.25, 0.3) is 5.69 Å². The van der Waals surface area contributed by atoms with E-state index in [-0.39, 0.29) is 17.4 Å². The van der Waals surface area contributed by atoms with Crippen molar-refractivity contribution in [2.45, 2.75) is 13.3 Å². The number of nitrogen functional groups attached to an aromatic ring is 1. The molecule has 1 aromatic carbocycles. The van der Waals surface area contributed by atoms with Gasteiger partial charge in [0.1, 0.15) is 0 Å². The number of nitrogens with zero attached hydrogens (tertiary/aromatic N) is 2. The van der Waals surface area contributed by atoms with Gasteiger partial charge in [0, 0.05) is 18.8 Å². The third-order valence-electron chi connectivity index (χ3n) is 2.77. The van der Waals surface area contributed by atoms with Crippen LogP contribution in [0.15, 0.2) is 30.6 Å². The zero-order chi connectivity index (χ0) is 14.7. The Kier molecular flexibility index (Phi) is 3.69. The molecule has 7 nitrogen and oxygen atoms in total. The number of nitrogens with two attached hydrogens (primary N) is 1. The van der Waals surface area contributed by atoms with Crippen molar-refractivity contribution >= 4 is 23.5 Å². The fourth-order valence-corrected chi connectivity index (χ4v) is 1.73. The third-order valence-corrected chi connectivity index (χ3v) is 2.77. The molecule has 0 radical (unpaired) electrons. The molecular weight excluding hydrogens is 260 g/mol. The molecule has 0 aliphatic rings. The van der Waals surface area contributed by atoms with Gasteiger partial charge in [-0.3, -0.25) is 9.36 Å². The number of aromatic nitrogens is 2. The second kappa shape index (κ2) is 5.43. The number of amides is 1. The summed E-state index contributed by atoms with van der Waals surface area (Å²) in [6.45, 7) is 1.73. The SMILES string of the molecule is CCC(=O)Nc1ccc(C(=O)O)cc1-n1ccnc1N. The van der Waals surface area contributed by atoms with Crippen LogP contribution in [-0.2, 0) is 4.79 Å². The number of carbonyl (C=O) groups excluding carboxylic acids is 1. The van der Waals surface area contributed by atoms with Crippen LogP contribution in [0.3, 0.4) is 0 Å². The highest BCUT2D eigenvalue weighted by Gasteiger charge is 2.13. The fraction of sp³-hybridized carbons (Fsp3) is 0.154. The number of carboxylic acid groups (broad SMARTS) is 1. The molecule has 0 spiro atoms. The maximum absolute atomic E-state index is 11.5. The molecule has 0 bridgehead atoms. The minimum atomic E-state index is -1.06. The van der Waals surface area contributed by atoms with Gasteiger partial charge in [-0.1, -0.05) is 6.92 Å². The number of carbonyl (C=O) groups is 2. The van der Waals surface area contributed by atoms with Crippen molar-refractivity contribution in [1.29, 1.82) is 0 Å². The topological polar surface area (TPSA) is 110 Å². The van der Waals surface area contributed by atoms with Gasteiger partial charge in [-0.25, -0.2) is 9.78 Å². The van der Waals surface area contributed by atoms with Gasteiger partial charge >= 0.3 is 5.97 Å². The van der Waals surface area contributed by atoms with Gasteiger partial charge in [-0.05, 0) is 18.2 Å². The van der Waals surface area contributed by atoms with Crippen LogP contribution in [0.2, 0.25) is 0 Å². The molecular formula is C13H14N4O3. The van der Waals surface area contributed by atoms with E-state index in [0.29, 0.717) is 17.8 Å². The molecule has 4 N–H and O–H groups in total. The second-order valence-electron chi connectivity index (χ2n) is 4.09. The van der Waals surface area contributed by atoms with E-state index in [2.05, 4.69) is 10.3 Å². The molecule has 0 fully saturated rings. The second-order valence-corrected chi connectivity index (χ2v) is 4.09. The summed E-state index contributed by atoms with van der Waals surface area (Å²) < 4.78 is 1.51. The molecule has 104 valence electrons. The van der Waals surface area contributed by atoms with Gasteiger partial charge in [0.2, 0.25) is 11.9 Å². The highest BCUT2D eigenvalue weighted by Crippen LogP contribution is 2.24. The maximum atomic E-state index is 11.5. The molecule has 20 heavy (non-hydrogen) atoms. The zero-order valence-corrected chi connectivity index (χ0v) is 10.8. The predicted molar refractivity (Wildman–Crippen MR) is 73.9 cm³/mol. The number of benzene rings is 1. The number of carboxylic acids is 1. The van der Waals surface area contributed by atoms with Gasteiger partial charge < -0.3 is 16.2 Å². The normalized spacial score (nSPS) is 10.2. The van der Waals surface area contributed by atoms with E-state index in [1.165, 1.54) is 29.0 Å². The van der Waals surface area contributed by atoms with Crippen molar-refractivity contribution < 1.29 is 14.7 Å². The third kappa shape index (κ3) is 2.61. The first-order chi connectivity index (χ1) is 9.52. The Labute approximate surface area is 115 Å². The number of hydrogen-bond donors (Lipinski definition) is 3. The summed E-state index contributed by atoms with van der Waals surface area (Å²) in [7, 11) is 0. The van der Waals surface area contributed by atoms with Crippen molar-refractivity contribution in [2.75, 3.05) is 11.1 Å². The molecule has 1 amide bonds. The number of nitrogens with one attached hydrogen (secondary N) is 1. The highest BCUT2D eigenvalue weighted by molar-refractivity contribution is 5.95. The summed E-state index contributed by atoms with van der Waals surface area (Å²) >= 11 is 0. The van der Waals surface area contributed by atoms with E-state index in [9.17, 15) is 9.59 Å². The smallest absolute Gasteiger partial charge is 0.335 e. The first-order valence-corrected chi connectivity index (χ1v) is 5.99. The Balaban J connectivity index is 2.54. The van der Waals surface area contributed by atoms with E-state index < -0.39 is 5.97 Å². The lowest BCUT2D eigenvalue weighted by molar-refractivity contribution is -0.115. The van der Waals surface area contributed by atoms with Gasteiger partial charge in [0.15, 0.2) is 0 Å². The van der Waals surface area contributed by atoms with Gasteiger partial charge in [-0.15, -0.1) is 0 Å². The number of aromatic carboxylic acids is 1. The molecule has 2 aromatic rings. The maximum Gasteiger partial charge on any atom is 0.335 e. The van der Waals surface area contributed by atoms with Crippen molar-refractivity contribution in [1.82, 2.24) is 9.55 Å². The van der Waals surface area contributed by atoms with E-state index in [1.54, 1.807) is 13.1 Å². The van der Waals surface area contributed by atoms with Crippen molar-refractivity contribution in [3.8, 4) is 5.69 Å². The van der Waals surface area contributed by atoms with Crippen molar-refractivity contribution in [2.24, 2.45) is 0 Å². The Morgan fingerprint density at radius 2 is 2.20 bits per heavy atom. The van der Waals surface area contributed by atoms with Gasteiger partial charge in [0.05, 0.1) is 16.9 Å². The molecule has 0 aliphatic heterocycles. The summed E-state index contributed by atoms with van der Waals surface area (Å²) in [5, 5.41) is 11.8. The standard InChI is InChI=1S/C13H14N4O3/c1-2-11(18)16-9-4-3-8(12(19)20)7-10(9)17-6-5-15-13(17)14/h3-7H,2H2,1H3,(H2,14,15)(H,16,18)(H,19,20). The zero-order valence-electron chi connectivity index (χ0n) is 10.8. The van der Waals surface area contributed by atoms with Crippen molar-refractivity contribution in [3.63, 3.8) is 0 Å². The largest absolute Gasteiger partial charge is 0.478 e. The summed E-state index contributed by atoms with van der Waals surface area (Å²) in [5.41, 5.74) is 6.76. The van der Waals surface area contributed by atoms with Crippen LogP contribution in [0.1, 0.15) is 23.7 Å². The van der Waals surface area contributed by atoms with Crippen LogP contribution < -0.4 is 11.1 Å². The van der Waals surface area contributed by atoms with Gasteiger partial charge in [0.25, 0.3) is 0 Å². The Bertz CT molecular complexity index is 663. The number of anilines is 2. The van der Waals surface area contributed by atoms with Crippen molar-refractivity contribution in [3.05, 3.63) is 36.2 Å². The molecule has 0 unspecified atom stereocenters. The molecule has 1 aromatic heterocycles. The van der Waals surface area contributed by atoms with E-state index in [4.69, 9.17) is 10.8 Å². The quantitative estimate of drug-likeness (QED) is 0.782. The predicted octanol–water partition coefficient (Wildman–Crippen LogP) is 1.50. The minimum Gasteiger partial charge on any atom is -0.478 e. The molecule has 0 saturated heterocycles. The van der Waals surface area contributed by atoms with Crippen LogP contribution >= 0.6 is 0 Å². The van der Waals surface area contributed by atoms with E-state index >= 15 is 0 Å². The number of hydrogen-bond acceptors (Lipinski definition) is 4. The van der Waals surface area contributed by atoms with Crippen LogP contribution in [0.4, 0.5) is 11.6 Å².